The summed E-state index contributed by atoms with van der Waals surface area (Å²) in [5, 5.41) is 0. The third kappa shape index (κ3) is 3.47. The molecule has 0 aliphatic rings. The first-order chi connectivity index (χ1) is 6.22. The Labute approximate surface area is 79.5 Å². The van der Waals surface area contributed by atoms with Crippen molar-refractivity contribution in [1.29, 1.82) is 0 Å². The molecule has 2 heteroatoms. The zero-order valence-corrected chi connectivity index (χ0v) is 8.41. The predicted octanol–water partition coefficient (Wildman–Crippen LogP) is 2.41. The molecule has 1 aromatic carbocycles. The van der Waals surface area contributed by atoms with Gasteiger partial charge in [0, 0.05) is 7.11 Å². The van der Waals surface area contributed by atoms with E-state index in [-0.39, 0.29) is 6.10 Å². The highest BCUT2D eigenvalue weighted by atomic mass is 16.5. The summed E-state index contributed by atoms with van der Waals surface area (Å²) in [6.07, 6.45) is 0.139. The van der Waals surface area contributed by atoms with Gasteiger partial charge in [0.2, 0.25) is 0 Å². The van der Waals surface area contributed by atoms with E-state index in [0.29, 0.717) is 6.61 Å². The van der Waals surface area contributed by atoms with Crippen LogP contribution in [0.1, 0.15) is 12.5 Å². The minimum atomic E-state index is 0.139. The summed E-state index contributed by atoms with van der Waals surface area (Å²) in [7, 11) is 1.68. The average Bonchev–Trinajstić information content (AvgIpc) is 2.14. The van der Waals surface area contributed by atoms with Crippen molar-refractivity contribution in [3.05, 3.63) is 29.8 Å². The topological polar surface area (TPSA) is 18.5 Å². The smallest absolute Gasteiger partial charge is 0.119 e. The van der Waals surface area contributed by atoms with Crippen molar-refractivity contribution < 1.29 is 9.47 Å². The lowest BCUT2D eigenvalue weighted by Gasteiger charge is -2.11. The molecular weight excluding hydrogens is 164 g/mol. The lowest BCUT2D eigenvalue weighted by atomic mass is 10.2. The van der Waals surface area contributed by atoms with Crippen molar-refractivity contribution in [3.8, 4) is 5.75 Å². The Morgan fingerprint density at radius 1 is 1.38 bits per heavy atom. The highest BCUT2D eigenvalue weighted by Crippen LogP contribution is 2.12. The second kappa shape index (κ2) is 4.87. The number of aryl methyl sites for hydroxylation is 1. The summed E-state index contributed by atoms with van der Waals surface area (Å²) >= 11 is 0. The predicted molar refractivity (Wildman–Crippen MR) is 53.1 cm³/mol. The van der Waals surface area contributed by atoms with Gasteiger partial charge in [-0.15, -0.1) is 0 Å². The van der Waals surface area contributed by atoms with Crippen LogP contribution in [0.25, 0.3) is 0 Å². The van der Waals surface area contributed by atoms with Crippen LogP contribution in [-0.2, 0) is 4.74 Å². The molecule has 0 saturated heterocycles. The normalized spacial score (nSPS) is 12.5. The summed E-state index contributed by atoms with van der Waals surface area (Å²) in [6.45, 7) is 4.63. The van der Waals surface area contributed by atoms with E-state index in [2.05, 4.69) is 0 Å². The summed E-state index contributed by atoms with van der Waals surface area (Å²) in [6, 6.07) is 8.01. The third-order valence-corrected chi connectivity index (χ3v) is 1.88. The third-order valence-electron chi connectivity index (χ3n) is 1.88. The lowest BCUT2D eigenvalue weighted by molar-refractivity contribution is 0.0716. The van der Waals surface area contributed by atoms with Gasteiger partial charge >= 0.3 is 0 Å². The maximum Gasteiger partial charge on any atom is 0.119 e. The molecule has 0 saturated carbocycles. The van der Waals surface area contributed by atoms with Gasteiger partial charge in [-0.2, -0.15) is 0 Å². The number of hydrogen-bond acceptors (Lipinski definition) is 2. The van der Waals surface area contributed by atoms with Crippen LogP contribution >= 0.6 is 0 Å². The Balaban J connectivity index is 2.45. The highest BCUT2D eigenvalue weighted by Gasteiger charge is 2.00. The molecule has 0 amide bonds. The molecule has 0 fully saturated rings. The van der Waals surface area contributed by atoms with Crippen LogP contribution in [0.2, 0.25) is 0 Å². The standard InChI is InChI=1S/C11H16O2/c1-9-5-4-6-11(7-9)13-8-10(2)12-3/h4-7,10H,8H2,1-3H3/t10-/m1/s1. The van der Waals surface area contributed by atoms with Crippen molar-refractivity contribution >= 4 is 0 Å². The van der Waals surface area contributed by atoms with E-state index in [1.165, 1.54) is 5.56 Å². The van der Waals surface area contributed by atoms with Gasteiger partial charge in [0.15, 0.2) is 0 Å². The Hall–Kier alpha value is -1.02. The van der Waals surface area contributed by atoms with E-state index >= 15 is 0 Å². The molecule has 0 N–H and O–H groups in total. The minimum absolute atomic E-state index is 0.139. The van der Waals surface area contributed by atoms with Gasteiger partial charge in [0.1, 0.15) is 12.4 Å². The average molecular weight is 180 g/mol. The molecule has 13 heavy (non-hydrogen) atoms. The molecule has 72 valence electrons. The van der Waals surface area contributed by atoms with Crippen LogP contribution in [-0.4, -0.2) is 19.8 Å². The number of rotatable bonds is 4. The lowest BCUT2D eigenvalue weighted by Crippen LogP contribution is -2.15. The van der Waals surface area contributed by atoms with Crippen LogP contribution in [0, 0.1) is 6.92 Å². The number of methoxy groups -OCH3 is 1. The van der Waals surface area contributed by atoms with E-state index in [4.69, 9.17) is 9.47 Å². The van der Waals surface area contributed by atoms with Crippen LogP contribution in [0.4, 0.5) is 0 Å². The maximum atomic E-state index is 5.51. The van der Waals surface area contributed by atoms with Gasteiger partial charge in [0.25, 0.3) is 0 Å². The summed E-state index contributed by atoms with van der Waals surface area (Å²) in [4.78, 5) is 0. The van der Waals surface area contributed by atoms with Crippen molar-refractivity contribution in [1.82, 2.24) is 0 Å². The number of hydrogen-bond donors (Lipinski definition) is 0. The van der Waals surface area contributed by atoms with Crippen LogP contribution < -0.4 is 4.74 Å². The van der Waals surface area contributed by atoms with Gasteiger partial charge in [-0.05, 0) is 31.5 Å². The Bertz CT molecular complexity index is 258. The fraction of sp³-hybridized carbons (Fsp3) is 0.455. The zero-order chi connectivity index (χ0) is 9.68. The van der Waals surface area contributed by atoms with Gasteiger partial charge in [-0.3, -0.25) is 0 Å². The van der Waals surface area contributed by atoms with Crippen LogP contribution in [0.3, 0.4) is 0 Å². The molecule has 0 aliphatic heterocycles. The molecule has 2 nitrogen and oxygen atoms in total. The molecule has 0 heterocycles. The fourth-order valence-electron chi connectivity index (χ4n) is 0.987. The van der Waals surface area contributed by atoms with E-state index in [1.807, 2.05) is 38.1 Å². The molecule has 0 aromatic heterocycles. The molecule has 1 rings (SSSR count). The fourth-order valence-corrected chi connectivity index (χ4v) is 0.987. The summed E-state index contributed by atoms with van der Waals surface area (Å²) < 4.78 is 10.6. The molecule has 0 unspecified atom stereocenters. The first kappa shape index (κ1) is 10.1. The second-order valence-corrected chi connectivity index (χ2v) is 3.17. The molecule has 0 spiro atoms. The van der Waals surface area contributed by atoms with E-state index in [1.54, 1.807) is 7.11 Å². The van der Waals surface area contributed by atoms with E-state index in [9.17, 15) is 0 Å². The van der Waals surface area contributed by atoms with E-state index < -0.39 is 0 Å². The monoisotopic (exact) mass is 180 g/mol. The number of ether oxygens (including phenoxy) is 2. The summed E-state index contributed by atoms with van der Waals surface area (Å²) in [5.41, 5.74) is 1.21. The molecule has 0 aliphatic carbocycles. The molecule has 0 bridgehead atoms. The van der Waals surface area contributed by atoms with Crippen molar-refractivity contribution in [2.45, 2.75) is 20.0 Å². The second-order valence-electron chi connectivity index (χ2n) is 3.17. The quantitative estimate of drug-likeness (QED) is 0.708. The maximum absolute atomic E-state index is 5.51. The summed E-state index contributed by atoms with van der Waals surface area (Å²) in [5.74, 6) is 0.906. The Morgan fingerprint density at radius 2 is 2.15 bits per heavy atom. The first-order valence-corrected chi connectivity index (χ1v) is 4.44. The molecule has 0 radical (unpaired) electrons. The van der Waals surface area contributed by atoms with Crippen LogP contribution in [0.15, 0.2) is 24.3 Å². The molecule has 1 atom stereocenters. The van der Waals surface area contributed by atoms with Crippen molar-refractivity contribution in [2.75, 3.05) is 13.7 Å². The Kier molecular flexibility index (Phi) is 3.77. The van der Waals surface area contributed by atoms with Gasteiger partial charge in [-0.1, -0.05) is 12.1 Å². The van der Waals surface area contributed by atoms with Crippen LogP contribution in [0.5, 0.6) is 5.75 Å². The molecular formula is C11H16O2. The highest BCUT2D eigenvalue weighted by molar-refractivity contribution is 5.27. The first-order valence-electron chi connectivity index (χ1n) is 4.44. The van der Waals surface area contributed by atoms with E-state index in [0.717, 1.165) is 5.75 Å². The Morgan fingerprint density at radius 3 is 2.77 bits per heavy atom. The van der Waals surface area contributed by atoms with Gasteiger partial charge in [0.05, 0.1) is 6.10 Å². The molecule has 1 aromatic rings. The van der Waals surface area contributed by atoms with Gasteiger partial charge in [-0.25, -0.2) is 0 Å². The van der Waals surface area contributed by atoms with Crippen molar-refractivity contribution in [2.24, 2.45) is 0 Å². The van der Waals surface area contributed by atoms with Crippen molar-refractivity contribution in [3.63, 3.8) is 0 Å². The number of benzene rings is 1. The minimum Gasteiger partial charge on any atom is -0.491 e. The zero-order valence-electron chi connectivity index (χ0n) is 8.41. The van der Waals surface area contributed by atoms with Gasteiger partial charge < -0.3 is 9.47 Å². The largest absolute Gasteiger partial charge is 0.491 e. The SMILES string of the molecule is CO[C@H](C)COc1cccc(C)c1.